The van der Waals surface area contributed by atoms with Crippen LogP contribution in [0.3, 0.4) is 0 Å². The molecule has 0 spiro atoms. The Labute approximate surface area is 114 Å². The van der Waals surface area contributed by atoms with Gasteiger partial charge in [0.25, 0.3) is 0 Å². The van der Waals surface area contributed by atoms with Crippen molar-refractivity contribution in [2.45, 2.75) is 0 Å². The Morgan fingerprint density at radius 2 is 1.85 bits per heavy atom. The maximum absolute atomic E-state index is 12.0. The maximum atomic E-state index is 12.0. The highest BCUT2D eigenvalue weighted by Gasteiger charge is 2.16. The third-order valence-electron chi connectivity index (χ3n) is 2.84. The summed E-state index contributed by atoms with van der Waals surface area (Å²) in [6.45, 7) is 0. The van der Waals surface area contributed by atoms with E-state index in [9.17, 15) is 4.79 Å². The molecule has 1 aromatic heterocycles. The molecule has 0 amide bonds. The molecule has 1 heterocycles. The fourth-order valence-electron chi connectivity index (χ4n) is 1.88. The lowest BCUT2D eigenvalue weighted by Gasteiger charge is -2.03. The summed E-state index contributed by atoms with van der Waals surface area (Å²) in [7, 11) is 0. The topological polar surface area (TPSA) is 63.2 Å². The second-order valence-electron chi connectivity index (χ2n) is 4.15. The minimum Gasteiger partial charge on any atom is -0.449 e. The van der Waals surface area contributed by atoms with Crippen molar-refractivity contribution < 1.29 is 13.9 Å². The first-order valence-corrected chi connectivity index (χ1v) is 5.98. The Morgan fingerprint density at radius 1 is 1.10 bits per heavy atom. The van der Waals surface area contributed by atoms with Crippen LogP contribution in [0.5, 0.6) is 5.75 Å². The quantitative estimate of drug-likeness (QED) is 0.524. The lowest BCUT2D eigenvalue weighted by atomic mass is 10.2. The molecule has 4 heteroatoms. The number of hydrogen-bond acceptors (Lipinski definition) is 4. The van der Waals surface area contributed by atoms with Crippen LogP contribution in [-0.2, 0) is 0 Å². The number of ether oxygens (including phenoxy) is 1. The van der Waals surface area contributed by atoms with Crippen molar-refractivity contribution in [3.8, 4) is 11.8 Å². The average molecular weight is 263 g/mol. The lowest BCUT2D eigenvalue weighted by molar-refractivity contribution is 0.0703. The average Bonchev–Trinajstić information content (AvgIpc) is 2.92. The molecule has 3 aromatic rings. The van der Waals surface area contributed by atoms with Gasteiger partial charge in [-0.1, -0.05) is 30.3 Å². The molecule has 0 saturated carbocycles. The minimum atomic E-state index is -0.621. The molecule has 2 aromatic carbocycles. The van der Waals surface area contributed by atoms with Crippen LogP contribution in [-0.4, -0.2) is 5.97 Å². The molecule has 0 radical (unpaired) electrons. The van der Waals surface area contributed by atoms with E-state index in [2.05, 4.69) is 0 Å². The summed E-state index contributed by atoms with van der Waals surface area (Å²) in [6, 6.07) is 17.4. The monoisotopic (exact) mass is 263 g/mol. The molecule has 20 heavy (non-hydrogen) atoms. The Balaban J connectivity index is 1.91. The van der Waals surface area contributed by atoms with Gasteiger partial charge >= 0.3 is 5.97 Å². The second-order valence-corrected chi connectivity index (χ2v) is 4.15. The molecular formula is C16H9NO3. The molecule has 0 fully saturated rings. The zero-order valence-electron chi connectivity index (χ0n) is 10.4. The van der Waals surface area contributed by atoms with Crippen LogP contribution in [0.25, 0.3) is 11.0 Å². The van der Waals surface area contributed by atoms with Crippen LogP contribution in [0.4, 0.5) is 0 Å². The zero-order valence-corrected chi connectivity index (χ0v) is 10.4. The predicted octanol–water partition coefficient (Wildman–Crippen LogP) is 3.52. The second kappa shape index (κ2) is 4.90. The van der Waals surface area contributed by atoms with Gasteiger partial charge in [-0.2, -0.15) is 5.26 Å². The van der Waals surface area contributed by atoms with Gasteiger partial charge in [0.15, 0.2) is 0 Å². The van der Waals surface area contributed by atoms with Crippen molar-refractivity contribution in [2.75, 3.05) is 0 Å². The summed E-state index contributed by atoms with van der Waals surface area (Å²) in [5.74, 6) is -0.289. The Hall–Kier alpha value is -3.06. The van der Waals surface area contributed by atoms with Gasteiger partial charge in [-0.15, -0.1) is 0 Å². The van der Waals surface area contributed by atoms with Crippen molar-refractivity contribution in [3.05, 3.63) is 65.9 Å². The van der Waals surface area contributed by atoms with Gasteiger partial charge in [-0.05, 0) is 24.3 Å². The number of fused-ring (bicyclic) bond motifs is 1. The van der Waals surface area contributed by atoms with Gasteiger partial charge in [0.1, 0.15) is 17.4 Å². The zero-order chi connectivity index (χ0) is 13.9. The van der Waals surface area contributed by atoms with Gasteiger partial charge in [0.2, 0.25) is 5.76 Å². The van der Waals surface area contributed by atoms with Crippen molar-refractivity contribution in [1.82, 2.24) is 0 Å². The molecule has 96 valence electrons. The van der Waals surface area contributed by atoms with Crippen molar-refractivity contribution >= 4 is 16.9 Å². The molecular weight excluding hydrogens is 254 g/mol. The molecule has 0 aliphatic heterocycles. The number of carbonyl (C=O) groups is 1. The van der Waals surface area contributed by atoms with E-state index in [-0.39, 0.29) is 11.5 Å². The Morgan fingerprint density at radius 3 is 2.65 bits per heavy atom. The number of benzene rings is 2. The highest BCUT2D eigenvalue weighted by Crippen LogP contribution is 2.22. The summed E-state index contributed by atoms with van der Waals surface area (Å²) in [6.07, 6.45) is 0. The Kier molecular flexibility index (Phi) is 2.94. The van der Waals surface area contributed by atoms with Gasteiger partial charge in [0, 0.05) is 5.39 Å². The number of esters is 1. The molecule has 0 atom stereocenters. The molecule has 0 bridgehead atoms. The third-order valence-corrected chi connectivity index (χ3v) is 2.84. The van der Waals surface area contributed by atoms with Gasteiger partial charge in [-0.25, -0.2) is 4.79 Å². The summed E-state index contributed by atoms with van der Waals surface area (Å²) in [5.41, 5.74) is 0.921. The first kappa shape index (κ1) is 12.0. The number of carbonyl (C=O) groups excluding carboxylic acids is 1. The molecule has 0 N–H and O–H groups in total. The fourth-order valence-corrected chi connectivity index (χ4v) is 1.88. The van der Waals surface area contributed by atoms with Gasteiger partial charge in [-0.3, -0.25) is 0 Å². The fraction of sp³-hybridized carbons (Fsp3) is 0. The standard InChI is InChI=1S/C16H9NO3/c17-10-12-6-2-4-8-14(12)20-16(18)15-9-11-5-1-3-7-13(11)19-15/h1-9H. The van der Waals surface area contributed by atoms with Crippen LogP contribution in [0.1, 0.15) is 16.1 Å². The SMILES string of the molecule is N#Cc1ccccc1OC(=O)c1cc2ccccc2o1. The molecule has 3 rings (SSSR count). The van der Waals surface area contributed by atoms with Crippen molar-refractivity contribution in [2.24, 2.45) is 0 Å². The largest absolute Gasteiger partial charge is 0.449 e. The minimum absolute atomic E-state index is 0.110. The van der Waals surface area contributed by atoms with Crippen molar-refractivity contribution in [1.29, 1.82) is 5.26 Å². The number of para-hydroxylation sites is 2. The highest BCUT2D eigenvalue weighted by atomic mass is 16.5. The summed E-state index contributed by atoms with van der Waals surface area (Å²) in [5, 5.41) is 9.78. The van der Waals surface area contributed by atoms with E-state index in [4.69, 9.17) is 14.4 Å². The van der Waals surface area contributed by atoms with E-state index in [1.54, 1.807) is 36.4 Å². The van der Waals surface area contributed by atoms with E-state index in [0.717, 1.165) is 5.39 Å². The Bertz CT molecular complexity index is 794. The molecule has 0 unspecified atom stereocenters. The molecule has 0 aliphatic rings. The number of hydrogen-bond donors (Lipinski definition) is 0. The molecule has 4 nitrogen and oxygen atoms in total. The smallest absolute Gasteiger partial charge is 0.379 e. The summed E-state index contributed by atoms with van der Waals surface area (Å²) >= 11 is 0. The molecule has 0 saturated heterocycles. The maximum Gasteiger partial charge on any atom is 0.379 e. The van der Waals surface area contributed by atoms with E-state index >= 15 is 0 Å². The summed E-state index contributed by atoms with van der Waals surface area (Å²) < 4.78 is 10.6. The van der Waals surface area contributed by atoms with E-state index in [0.29, 0.717) is 11.1 Å². The van der Waals surface area contributed by atoms with Gasteiger partial charge < -0.3 is 9.15 Å². The highest BCUT2D eigenvalue weighted by molar-refractivity contribution is 5.93. The number of rotatable bonds is 2. The first-order chi connectivity index (χ1) is 9.78. The van der Waals surface area contributed by atoms with E-state index in [1.807, 2.05) is 24.3 Å². The van der Waals surface area contributed by atoms with Crippen LogP contribution < -0.4 is 4.74 Å². The third kappa shape index (κ3) is 2.13. The number of nitrogens with zero attached hydrogens (tertiary/aromatic N) is 1. The number of nitriles is 1. The van der Waals surface area contributed by atoms with Crippen LogP contribution in [0.2, 0.25) is 0 Å². The van der Waals surface area contributed by atoms with Crippen LogP contribution >= 0.6 is 0 Å². The van der Waals surface area contributed by atoms with Crippen molar-refractivity contribution in [3.63, 3.8) is 0 Å². The van der Waals surface area contributed by atoms with E-state index < -0.39 is 5.97 Å². The predicted molar refractivity (Wildman–Crippen MR) is 72.3 cm³/mol. The lowest BCUT2D eigenvalue weighted by Crippen LogP contribution is -2.08. The van der Waals surface area contributed by atoms with Crippen LogP contribution in [0, 0.1) is 11.3 Å². The summed E-state index contributed by atoms with van der Waals surface area (Å²) in [4.78, 5) is 12.0. The number of furan rings is 1. The normalized spacial score (nSPS) is 10.2. The van der Waals surface area contributed by atoms with Gasteiger partial charge in [0.05, 0.1) is 5.56 Å². The van der Waals surface area contributed by atoms with E-state index in [1.165, 1.54) is 0 Å². The first-order valence-electron chi connectivity index (χ1n) is 5.98. The molecule has 0 aliphatic carbocycles. The van der Waals surface area contributed by atoms with Crippen LogP contribution in [0.15, 0.2) is 59.0 Å².